The Morgan fingerprint density at radius 1 is 0.418 bits per heavy atom. The molecule has 1 aliphatic carbocycles. The highest BCUT2D eigenvalue weighted by Crippen LogP contribution is 2.53. The minimum atomic E-state index is -0.141. The van der Waals surface area contributed by atoms with E-state index in [1.807, 2.05) is 0 Å². The van der Waals surface area contributed by atoms with E-state index in [1.54, 1.807) is 0 Å². The van der Waals surface area contributed by atoms with Crippen LogP contribution in [0.25, 0.3) is 76.9 Å². The minimum Gasteiger partial charge on any atom is -0.455 e. The molecule has 0 N–H and O–H groups in total. The maximum Gasteiger partial charge on any atom is 0.143 e. The first-order valence-corrected chi connectivity index (χ1v) is 19.1. The van der Waals surface area contributed by atoms with Crippen molar-refractivity contribution >= 4 is 60.5 Å². The molecule has 0 saturated carbocycles. The lowest BCUT2D eigenvalue weighted by molar-refractivity contribution is 0.660. The lowest BCUT2D eigenvalue weighted by atomic mass is 9.82. The molecule has 0 aliphatic heterocycles. The van der Waals surface area contributed by atoms with Gasteiger partial charge in [-0.1, -0.05) is 166 Å². The average molecular weight is 704 g/mol. The molecule has 0 fully saturated rings. The number of fused-ring (bicyclic) bond motifs is 11. The van der Waals surface area contributed by atoms with Crippen molar-refractivity contribution < 1.29 is 4.42 Å². The molecular formula is C53H37NO. The van der Waals surface area contributed by atoms with Gasteiger partial charge in [0.2, 0.25) is 0 Å². The maximum atomic E-state index is 6.95. The number of nitrogens with zero attached hydrogens (tertiary/aromatic N) is 1. The first kappa shape index (κ1) is 31.6. The predicted molar refractivity (Wildman–Crippen MR) is 232 cm³/mol. The standard InChI is InChI=1S/C53H37NO/c1-53(2)45-24-14-13-21-41(45)42-30-29-38(33-46(42)53)54(37-27-25-35(26-28-37)34-15-5-3-6-16-34)47-31-32-48-51(49(47)36-17-7-4-8-18-36)50-43-22-11-9-19-39(43)40-20-10-12-23-44(40)52(50)55-48/h3-33H,1-2H3. The number of hydrogen-bond donors (Lipinski definition) is 0. The van der Waals surface area contributed by atoms with Crippen molar-refractivity contribution in [2.75, 3.05) is 4.90 Å². The summed E-state index contributed by atoms with van der Waals surface area (Å²) in [5.41, 5.74) is 15.0. The van der Waals surface area contributed by atoms with E-state index in [-0.39, 0.29) is 5.41 Å². The lowest BCUT2D eigenvalue weighted by Gasteiger charge is -2.30. The fourth-order valence-electron chi connectivity index (χ4n) is 9.25. The van der Waals surface area contributed by atoms with Gasteiger partial charge in [-0.25, -0.2) is 0 Å². The van der Waals surface area contributed by atoms with Crippen molar-refractivity contribution in [2.24, 2.45) is 0 Å². The monoisotopic (exact) mass is 703 g/mol. The van der Waals surface area contributed by atoms with Crippen LogP contribution in [0.2, 0.25) is 0 Å². The van der Waals surface area contributed by atoms with Gasteiger partial charge in [0.1, 0.15) is 11.2 Å². The average Bonchev–Trinajstić information content (AvgIpc) is 3.75. The largest absolute Gasteiger partial charge is 0.455 e. The Balaban J connectivity index is 1.24. The number of rotatable bonds is 5. The van der Waals surface area contributed by atoms with Gasteiger partial charge in [-0.3, -0.25) is 0 Å². The van der Waals surface area contributed by atoms with Gasteiger partial charge >= 0.3 is 0 Å². The molecule has 55 heavy (non-hydrogen) atoms. The zero-order valence-electron chi connectivity index (χ0n) is 30.8. The van der Waals surface area contributed by atoms with Crippen molar-refractivity contribution in [2.45, 2.75) is 19.3 Å². The zero-order chi connectivity index (χ0) is 36.7. The Bertz CT molecular complexity index is 3100. The summed E-state index contributed by atoms with van der Waals surface area (Å²) in [5, 5.41) is 7.02. The molecule has 1 aromatic heterocycles. The van der Waals surface area contributed by atoms with Crippen molar-refractivity contribution in [3.63, 3.8) is 0 Å². The van der Waals surface area contributed by atoms with Gasteiger partial charge < -0.3 is 9.32 Å². The van der Waals surface area contributed by atoms with Crippen LogP contribution in [0.4, 0.5) is 17.1 Å². The minimum absolute atomic E-state index is 0.141. The second-order valence-electron chi connectivity index (χ2n) is 15.2. The summed E-state index contributed by atoms with van der Waals surface area (Å²) in [6, 6.07) is 68.3. The van der Waals surface area contributed by atoms with E-state index in [0.29, 0.717) is 0 Å². The summed E-state index contributed by atoms with van der Waals surface area (Å²) in [7, 11) is 0. The van der Waals surface area contributed by atoms with Gasteiger partial charge in [-0.15, -0.1) is 0 Å². The molecule has 2 heteroatoms. The van der Waals surface area contributed by atoms with Crippen LogP contribution in [0.1, 0.15) is 25.0 Å². The summed E-state index contributed by atoms with van der Waals surface area (Å²) in [4.78, 5) is 2.46. The molecule has 0 radical (unpaired) electrons. The van der Waals surface area contributed by atoms with Crippen molar-refractivity contribution in [3.8, 4) is 33.4 Å². The highest BCUT2D eigenvalue weighted by atomic mass is 16.3. The molecule has 0 saturated heterocycles. The molecule has 0 spiro atoms. The topological polar surface area (TPSA) is 16.4 Å². The quantitative estimate of drug-likeness (QED) is 0.166. The number of benzene rings is 9. The van der Waals surface area contributed by atoms with Gasteiger partial charge in [0.15, 0.2) is 0 Å². The second kappa shape index (κ2) is 12.1. The van der Waals surface area contributed by atoms with E-state index in [2.05, 4.69) is 207 Å². The van der Waals surface area contributed by atoms with Crippen LogP contribution in [-0.2, 0) is 5.41 Å². The molecule has 1 heterocycles. The Morgan fingerprint density at radius 2 is 0.982 bits per heavy atom. The molecule has 0 bridgehead atoms. The fraction of sp³-hybridized carbons (Fsp3) is 0.0566. The van der Waals surface area contributed by atoms with Crippen LogP contribution < -0.4 is 4.90 Å². The Hall–Kier alpha value is -6.90. The smallest absolute Gasteiger partial charge is 0.143 e. The SMILES string of the molecule is CC1(C)c2ccccc2-c2ccc(N(c3ccc(-c4ccccc4)cc3)c3ccc4oc5c6ccccc6c6ccccc6c5c4c3-c3ccccc3)cc21. The first-order chi connectivity index (χ1) is 27.1. The molecule has 10 aromatic rings. The van der Waals surface area contributed by atoms with Gasteiger partial charge in [0, 0.05) is 38.5 Å². The van der Waals surface area contributed by atoms with E-state index in [9.17, 15) is 0 Å². The number of furan rings is 1. The fourth-order valence-corrected chi connectivity index (χ4v) is 9.25. The van der Waals surface area contributed by atoms with Gasteiger partial charge in [-0.05, 0) is 91.5 Å². The molecule has 0 amide bonds. The van der Waals surface area contributed by atoms with Crippen LogP contribution in [-0.4, -0.2) is 0 Å². The van der Waals surface area contributed by atoms with Gasteiger partial charge in [-0.2, -0.15) is 0 Å². The van der Waals surface area contributed by atoms with Crippen molar-refractivity contribution in [1.82, 2.24) is 0 Å². The van der Waals surface area contributed by atoms with Gasteiger partial charge in [0.25, 0.3) is 0 Å². The Kier molecular flexibility index (Phi) is 6.93. The van der Waals surface area contributed by atoms with E-state index in [1.165, 1.54) is 49.5 Å². The highest BCUT2D eigenvalue weighted by Gasteiger charge is 2.36. The normalized spacial score (nSPS) is 13.1. The molecule has 9 aromatic carbocycles. The first-order valence-electron chi connectivity index (χ1n) is 19.1. The third kappa shape index (κ3) is 4.74. The van der Waals surface area contributed by atoms with Crippen molar-refractivity contribution in [3.05, 3.63) is 199 Å². The van der Waals surface area contributed by atoms with E-state index in [4.69, 9.17) is 4.42 Å². The van der Waals surface area contributed by atoms with Crippen LogP contribution in [0.15, 0.2) is 192 Å². The summed E-state index contributed by atoms with van der Waals surface area (Å²) in [5.74, 6) is 0. The third-order valence-corrected chi connectivity index (χ3v) is 11.9. The summed E-state index contributed by atoms with van der Waals surface area (Å²) < 4.78 is 6.95. The molecule has 1 aliphatic rings. The summed E-state index contributed by atoms with van der Waals surface area (Å²) in [6.45, 7) is 4.71. The predicted octanol–water partition coefficient (Wildman–Crippen LogP) is 15.0. The van der Waals surface area contributed by atoms with E-state index >= 15 is 0 Å². The number of anilines is 3. The zero-order valence-corrected chi connectivity index (χ0v) is 30.8. The summed E-state index contributed by atoms with van der Waals surface area (Å²) in [6.07, 6.45) is 0. The Morgan fingerprint density at radius 3 is 1.73 bits per heavy atom. The van der Waals surface area contributed by atoms with Gasteiger partial charge in [0.05, 0.1) is 5.69 Å². The molecule has 0 atom stereocenters. The number of hydrogen-bond acceptors (Lipinski definition) is 2. The molecular weight excluding hydrogens is 667 g/mol. The third-order valence-electron chi connectivity index (χ3n) is 11.9. The van der Waals surface area contributed by atoms with Crippen LogP contribution in [0.3, 0.4) is 0 Å². The molecule has 0 unspecified atom stereocenters. The van der Waals surface area contributed by atoms with Crippen LogP contribution in [0.5, 0.6) is 0 Å². The highest BCUT2D eigenvalue weighted by molar-refractivity contribution is 6.33. The lowest BCUT2D eigenvalue weighted by Crippen LogP contribution is -2.17. The van der Waals surface area contributed by atoms with Crippen LogP contribution >= 0.6 is 0 Å². The summed E-state index contributed by atoms with van der Waals surface area (Å²) >= 11 is 0. The second-order valence-corrected chi connectivity index (χ2v) is 15.2. The molecule has 11 rings (SSSR count). The molecule has 260 valence electrons. The van der Waals surface area contributed by atoms with Crippen LogP contribution in [0, 0.1) is 0 Å². The maximum absolute atomic E-state index is 6.95. The molecule has 2 nitrogen and oxygen atoms in total. The Labute approximate surface area is 320 Å². The van der Waals surface area contributed by atoms with E-state index in [0.717, 1.165) is 55.5 Å². The van der Waals surface area contributed by atoms with E-state index < -0.39 is 0 Å². The van der Waals surface area contributed by atoms with Crippen molar-refractivity contribution in [1.29, 1.82) is 0 Å².